The molecule has 2 heteroatoms. The molecule has 0 bridgehead atoms. The molecular formula is C11H10Cl2. The van der Waals surface area contributed by atoms with Gasteiger partial charge in [0.25, 0.3) is 0 Å². The third kappa shape index (κ3) is 1.74. The first kappa shape index (κ1) is 9.11. The lowest BCUT2D eigenvalue weighted by molar-refractivity contribution is 1.15. The second-order valence-electron chi connectivity index (χ2n) is 3.40. The molecule has 1 saturated carbocycles. The van der Waals surface area contributed by atoms with Crippen molar-refractivity contribution in [3.05, 3.63) is 40.4 Å². The smallest absolute Gasteiger partial charge is 0.0496 e. The van der Waals surface area contributed by atoms with Gasteiger partial charge in [-0.05, 0) is 36.5 Å². The number of allylic oxidation sites excluding steroid dienone is 1. The lowest BCUT2D eigenvalue weighted by atomic mass is 10.0. The minimum absolute atomic E-state index is 0.609. The summed E-state index contributed by atoms with van der Waals surface area (Å²) in [5, 5.41) is 1.42. The zero-order valence-corrected chi connectivity index (χ0v) is 8.70. The van der Waals surface area contributed by atoms with Crippen LogP contribution in [0.25, 0.3) is 5.57 Å². The van der Waals surface area contributed by atoms with Crippen LogP contribution in [0, 0.1) is 5.92 Å². The van der Waals surface area contributed by atoms with Crippen molar-refractivity contribution >= 4 is 28.8 Å². The number of halogens is 2. The maximum Gasteiger partial charge on any atom is 0.0496 e. The SMILES string of the molecule is C=C(c1c(Cl)cccc1Cl)C1CC1. The van der Waals surface area contributed by atoms with Gasteiger partial charge in [-0.3, -0.25) is 0 Å². The molecule has 1 fully saturated rings. The molecule has 0 nitrogen and oxygen atoms in total. The van der Waals surface area contributed by atoms with Gasteiger partial charge in [0.05, 0.1) is 0 Å². The van der Waals surface area contributed by atoms with Crippen LogP contribution in [0.5, 0.6) is 0 Å². The van der Waals surface area contributed by atoms with E-state index in [9.17, 15) is 0 Å². The average molecular weight is 213 g/mol. The van der Waals surface area contributed by atoms with Gasteiger partial charge in [0.15, 0.2) is 0 Å². The van der Waals surface area contributed by atoms with E-state index in [4.69, 9.17) is 23.2 Å². The van der Waals surface area contributed by atoms with Crippen LogP contribution in [0.2, 0.25) is 10.0 Å². The molecule has 0 spiro atoms. The van der Waals surface area contributed by atoms with E-state index < -0.39 is 0 Å². The van der Waals surface area contributed by atoms with Gasteiger partial charge in [0, 0.05) is 15.6 Å². The quantitative estimate of drug-likeness (QED) is 0.682. The maximum atomic E-state index is 6.05. The Kier molecular flexibility index (Phi) is 2.35. The second-order valence-corrected chi connectivity index (χ2v) is 4.21. The van der Waals surface area contributed by atoms with Crippen LogP contribution < -0.4 is 0 Å². The van der Waals surface area contributed by atoms with Crippen molar-refractivity contribution in [2.75, 3.05) is 0 Å². The fourth-order valence-corrected chi connectivity index (χ4v) is 2.08. The molecule has 0 heterocycles. The summed E-state index contributed by atoms with van der Waals surface area (Å²) >= 11 is 12.1. The predicted octanol–water partition coefficient (Wildman–Crippen LogP) is 4.42. The van der Waals surface area contributed by atoms with Crippen LogP contribution in [-0.4, -0.2) is 0 Å². The van der Waals surface area contributed by atoms with Crippen LogP contribution in [0.1, 0.15) is 18.4 Å². The molecule has 13 heavy (non-hydrogen) atoms. The van der Waals surface area contributed by atoms with Crippen LogP contribution in [0.3, 0.4) is 0 Å². The van der Waals surface area contributed by atoms with Gasteiger partial charge in [0.2, 0.25) is 0 Å². The topological polar surface area (TPSA) is 0 Å². The number of hydrogen-bond donors (Lipinski definition) is 0. The Balaban J connectivity index is 2.42. The van der Waals surface area contributed by atoms with Gasteiger partial charge in [-0.1, -0.05) is 35.8 Å². The fraction of sp³-hybridized carbons (Fsp3) is 0.273. The Labute approximate surface area is 88.2 Å². The van der Waals surface area contributed by atoms with Crippen molar-refractivity contribution in [2.45, 2.75) is 12.8 Å². The van der Waals surface area contributed by atoms with E-state index in [1.807, 2.05) is 18.2 Å². The monoisotopic (exact) mass is 212 g/mol. The van der Waals surface area contributed by atoms with Gasteiger partial charge in [-0.25, -0.2) is 0 Å². The van der Waals surface area contributed by atoms with Gasteiger partial charge >= 0.3 is 0 Å². The summed E-state index contributed by atoms with van der Waals surface area (Å²) in [6, 6.07) is 5.57. The van der Waals surface area contributed by atoms with Crippen molar-refractivity contribution in [1.29, 1.82) is 0 Å². The molecule has 1 aliphatic rings. The molecule has 0 radical (unpaired) electrons. The second kappa shape index (κ2) is 3.36. The normalized spacial score (nSPS) is 15.8. The highest BCUT2D eigenvalue weighted by Gasteiger charge is 2.27. The van der Waals surface area contributed by atoms with Crippen molar-refractivity contribution in [3.63, 3.8) is 0 Å². The highest BCUT2D eigenvalue weighted by molar-refractivity contribution is 6.37. The Hall–Kier alpha value is -0.460. The maximum absolute atomic E-state index is 6.05. The highest BCUT2D eigenvalue weighted by Crippen LogP contribution is 2.44. The predicted molar refractivity (Wildman–Crippen MR) is 58.2 cm³/mol. The first-order chi connectivity index (χ1) is 6.20. The first-order valence-corrected chi connectivity index (χ1v) is 5.09. The summed E-state index contributed by atoms with van der Waals surface area (Å²) < 4.78 is 0. The van der Waals surface area contributed by atoms with Crippen LogP contribution in [-0.2, 0) is 0 Å². The summed E-state index contributed by atoms with van der Waals surface area (Å²) in [6.07, 6.45) is 2.45. The Morgan fingerprint density at radius 3 is 2.23 bits per heavy atom. The number of hydrogen-bond acceptors (Lipinski definition) is 0. The third-order valence-corrected chi connectivity index (χ3v) is 2.98. The molecule has 0 atom stereocenters. The molecule has 68 valence electrons. The van der Waals surface area contributed by atoms with Crippen molar-refractivity contribution in [2.24, 2.45) is 5.92 Å². The third-order valence-electron chi connectivity index (χ3n) is 2.35. The molecular weight excluding hydrogens is 203 g/mol. The Morgan fingerprint density at radius 2 is 1.77 bits per heavy atom. The van der Waals surface area contributed by atoms with Crippen LogP contribution in [0.15, 0.2) is 24.8 Å². The zero-order valence-electron chi connectivity index (χ0n) is 7.19. The molecule has 0 unspecified atom stereocenters. The Bertz CT molecular complexity index is 331. The number of benzene rings is 1. The average Bonchev–Trinajstić information content (AvgIpc) is 2.85. The van der Waals surface area contributed by atoms with E-state index in [1.54, 1.807) is 0 Å². The molecule has 1 aromatic carbocycles. The van der Waals surface area contributed by atoms with Gasteiger partial charge < -0.3 is 0 Å². The molecule has 0 aliphatic heterocycles. The minimum atomic E-state index is 0.609. The van der Waals surface area contributed by atoms with Gasteiger partial charge in [0.1, 0.15) is 0 Å². The summed E-state index contributed by atoms with van der Waals surface area (Å²) in [7, 11) is 0. The molecule has 1 aliphatic carbocycles. The van der Waals surface area contributed by atoms with Crippen molar-refractivity contribution in [1.82, 2.24) is 0 Å². The molecule has 0 N–H and O–H groups in total. The molecule has 2 rings (SSSR count). The zero-order chi connectivity index (χ0) is 9.42. The van der Waals surface area contributed by atoms with E-state index in [1.165, 1.54) is 12.8 Å². The lowest BCUT2D eigenvalue weighted by Crippen LogP contribution is -1.87. The van der Waals surface area contributed by atoms with Crippen LogP contribution >= 0.6 is 23.2 Å². The molecule has 0 amide bonds. The van der Waals surface area contributed by atoms with Crippen molar-refractivity contribution < 1.29 is 0 Å². The minimum Gasteiger partial charge on any atom is -0.0948 e. The standard InChI is InChI=1S/C11H10Cl2/c1-7(8-5-6-8)11-9(12)3-2-4-10(11)13/h2-4,8H,1,5-6H2. The Morgan fingerprint density at radius 1 is 1.23 bits per heavy atom. The molecule has 0 saturated heterocycles. The molecule has 0 aromatic heterocycles. The summed E-state index contributed by atoms with van der Waals surface area (Å²) in [5.74, 6) is 0.609. The van der Waals surface area contributed by atoms with E-state index in [0.29, 0.717) is 16.0 Å². The summed E-state index contributed by atoms with van der Waals surface area (Å²) in [4.78, 5) is 0. The first-order valence-electron chi connectivity index (χ1n) is 4.33. The summed E-state index contributed by atoms with van der Waals surface area (Å²) in [6.45, 7) is 4.04. The molecule has 1 aromatic rings. The lowest BCUT2D eigenvalue weighted by Gasteiger charge is -2.08. The van der Waals surface area contributed by atoms with Crippen molar-refractivity contribution in [3.8, 4) is 0 Å². The van der Waals surface area contributed by atoms with Crippen LogP contribution in [0.4, 0.5) is 0 Å². The van der Waals surface area contributed by atoms with E-state index in [2.05, 4.69) is 6.58 Å². The summed E-state index contributed by atoms with van der Waals surface area (Å²) in [5.41, 5.74) is 2.03. The largest absolute Gasteiger partial charge is 0.0948 e. The fourth-order valence-electron chi connectivity index (χ4n) is 1.44. The highest BCUT2D eigenvalue weighted by atomic mass is 35.5. The van der Waals surface area contributed by atoms with E-state index in [0.717, 1.165) is 11.1 Å². The van der Waals surface area contributed by atoms with E-state index >= 15 is 0 Å². The van der Waals surface area contributed by atoms with E-state index in [-0.39, 0.29) is 0 Å². The van der Waals surface area contributed by atoms with Gasteiger partial charge in [-0.2, -0.15) is 0 Å². The van der Waals surface area contributed by atoms with Gasteiger partial charge in [-0.15, -0.1) is 0 Å². The number of rotatable bonds is 2.